The third-order valence-electron chi connectivity index (χ3n) is 3.41. The molecule has 0 fully saturated rings. The summed E-state index contributed by atoms with van der Waals surface area (Å²) in [5, 5.41) is 10.0. The third kappa shape index (κ3) is 2.52. The van der Waals surface area contributed by atoms with Crippen molar-refractivity contribution >= 4 is 6.29 Å². The lowest BCUT2D eigenvalue weighted by Crippen LogP contribution is -1.93. The average Bonchev–Trinajstić information content (AvgIpc) is 2.47. The Morgan fingerprint density at radius 1 is 1.10 bits per heavy atom. The van der Waals surface area contributed by atoms with Crippen LogP contribution in [0.4, 0.5) is 0 Å². The Labute approximate surface area is 118 Å². The zero-order chi connectivity index (χ0) is 14.7. The molecule has 3 heteroatoms. The molecule has 0 amide bonds. The summed E-state index contributed by atoms with van der Waals surface area (Å²) < 4.78 is 5.02. The number of hydrogen-bond acceptors (Lipinski definition) is 3. The number of rotatable bonds is 4. The predicted molar refractivity (Wildman–Crippen MR) is 79.6 cm³/mol. The van der Waals surface area contributed by atoms with Gasteiger partial charge < -0.3 is 9.84 Å². The maximum Gasteiger partial charge on any atom is 0.169 e. The van der Waals surface area contributed by atoms with Gasteiger partial charge in [0.2, 0.25) is 0 Å². The first-order chi connectivity index (χ1) is 9.58. The number of aromatic hydroxyl groups is 1. The monoisotopic (exact) mass is 270 g/mol. The van der Waals surface area contributed by atoms with Crippen molar-refractivity contribution in [3.05, 3.63) is 47.5 Å². The van der Waals surface area contributed by atoms with Crippen LogP contribution >= 0.6 is 0 Å². The summed E-state index contributed by atoms with van der Waals surface area (Å²) in [6.07, 6.45) is 0.656. The van der Waals surface area contributed by atoms with Crippen LogP contribution in [0.25, 0.3) is 11.1 Å². The molecular formula is C17H18O3. The zero-order valence-corrected chi connectivity index (χ0v) is 11.9. The van der Waals surface area contributed by atoms with E-state index >= 15 is 0 Å². The van der Waals surface area contributed by atoms with Crippen LogP contribution in [-0.2, 0) is 0 Å². The third-order valence-corrected chi connectivity index (χ3v) is 3.41. The van der Waals surface area contributed by atoms with Crippen LogP contribution < -0.4 is 4.74 Å². The quantitative estimate of drug-likeness (QED) is 0.854. The number of carbonyl (C=O) groups excluding carboxylic acids is 1. The molecule has 0 spiro atoms. The van der Waals surface area contributed by atoms with E-state index in [1.165, 1.54) is 12.7 Å². The molecule has 104 valence electrons. The highest BCUT2D eigenvalue weighted by Gasteiger charge is 2.14. The van der Waals surface area contributed by atoms with Crippen LogP contribution in [0.2, 0.25) is 0 Å². The molecule has 0 radical (unpaired) electrons. The van der Waals surface area contributed by atoms with E-state index in [-0.39, 0.29) is 11.3 Å². The molecule has 0 aliphatic carbocycles. The molecule has 0 aromatic heterocycles. The Kier molecular flexibility index (Phi) is 4.08. The minimum Gasteiger partial charge on any atom is -0.504 e. The molecule has 1 N–H and O–H groups in total. The molecule has 3 nitrogen and oxygen atoms in total. The van der Waals surface area contributed by atoms with Crippen LogP contribution in [0.1, 0.15) is 35.7 Å². The maximum absolute atomic E-state index is 11.2. The Balaban J connectivity index is 2.52. The minimum absolute atomic E-state index is 0.118. The van der Waals surface area contributed by atoms with E-state index < -0.39 is 0 Å². The first kappa shape index (κ1) is 14.1. The summed E-state index contributed by atoms with van der Waals surface area (Å²) in [5.74, 6) is 0.640. The number of methoxy groups -OCH3 is 1. The first-order valence-corrected chi connectivity index (χ1v) is 6.54. The van der Waals surface area contributed by atoms with Gasteiger partial charge in [-0.3, -0.25) is 4.79 Å². The molecule has 20 heavy (non-hydrogen) atoms. The largest absolute Gasteiger partial charge is 0.504 e. The highest BCUT2D eigenvalue weighted by molar-refractivity contribution is 5.92. The summed E-state index contributed by atoms with van der Waals surface area (Å²) >= 11 is 0. The number of phenols is 1. The van der Waals surface area contributed by atoms with Crippen LogP contribution in [0.3, 0.4) is 0 Å². The lowest BCUT2D eigenvalue weighted by atomic mass is 9.96. The molecule has 0 saturated carbocycles. The van der Waals surface area contributed by atoms with Gasteiger partial charge >= 0.3 is 0 Å². The molecule has 0 unspecified atom stereocenters. The second-order valence-electron chi connectivity index (χ2n) is 4.97. The maximum atomic E-state index is 11.2. The fourth-order valence-electron chi connectivity index (χ4n) is 2.17. The summed E-state index contributed by atoms with van der Waals surface area (Å²) in [4.78, 5) is 11.2. The van der Waals surface area contributed by atoms with Crippen molar-refractivity contribution in [2.24, 2.45) is 0 Å². The first-order valence-electron chi connectivity index (χ1n) is 6.54. The summed E-state index contributed by atoms with van der Waals surface area (Å²) in [6, 6.07) is 11.4. The fourth-order valence-corrected chi connectivity index (χ4v) is 2.17. The van der Waals surface area contributed by atoms with E-state index in [1.54, 1.807) is 12.1 Å². The highest BCUT2D eigenvalue weighted by atomic mass is 16.5. The number of ether oxygens (including phenoxy) is 1. The van der Waals surface area contributed by atoms with Crippen molar-refractivity contribution in [2.45, 2.75) is 19.8 Å². The van der Waals surface area contributed by atoms with Crippen molar-refractivity contribution in [1.82, 2.24) is 0 Å². The summed E-state index contributed by atoms with van der Waals surface area (Å²) in [6.45, 7) is 4.26. The van der Waals surface area contributed by atoms with Gasteiger partial charge in [0.1, 0.15) is 0 Å². The lowest BCUT2D eigenvalue weighted by Gasteiger charge is -2.12. The van der Waals surface area contributed by atoms with Crippen LogP contribution in [0.5, 0.6) is 11.5 Å². The number of hydrogen-bond donors (Lipinski definition) is 1. The Hall–Kier alpha value is -2.29. The van der Waals surface area contributed by atoms with Crippen LogP contribution in [-0.4, -0.2) is 18.5 Å². The summed E-state index contributed by atoms with van der Waals surface area (Å²) in [5.41, 5.74) is 3.09. The van der Waals surface area contributed by atoms with E-state index in [0.29, 0.717) is 23.5 Å². The summed E-state index contributed by atoms with van der Waals surface area (Å²) in [7, 11) is 1.46. The molecule has 2 aromatic rings. The topological polar surface area (TPSA) is 46.5 Å². The predicted octanol–water partition coefficient (Wildman–Crippen LogP) is 4.00. The number of aldehydes is 1. The van der Waals surface area contributed by atoms with Gasteiger partial charge in [0.05, 0.1) is 12.7 Å². The minimum atomic E-state index is -0.118. The Morgan fingerprint density at radius 2 is 1.75 bits per heavy atom. The molecule has 2 aromatic carbocycles. The molecule has 2 rings (SSSR count). The lowest BCUT2D eigenvalue weighted by molar-refractivity contribution is 0.112. The van der Waals surface area contributed by atoms with E-state index in [1.807, 2.05) is 24.3 Å². The molecular weight excluding hydrogens is 252 g/mol. The van der Waals surface area contributed by atoms with Gasteiger partial charge in [-0.25, -0.2) is 0 Å². The Bertz CT molecular complexity index is 613. The number of benzene rings is 2. The average molecular weight is 270 g/mol. The van der Waals surface area contributed by atoms with Crippen LogP contribution in [0.15, 0.2) is 36.4 Å². The molecule has 0 atom stereocenters. The zero-order valence-electron chi connectivity index (χ0n) is 11.9. The second kappa shape index (κ2) is 5.78. The SMILES string of the molecule is COc1ccc(-c2ccc(C(C)C)cc2)c(C=O)c1O. The molecule has 0 saturated heterocycles. The number of carbonyl (C=O) groups is 1. The van der Waals surface area contributed by atoms with Gasteiger partial charge in [0.25, 0.3) is 0 Å². The van der Waals surface area contributed by atoms with Gasteiger partial charge in [-0.2, -0.15) is 0 Å². The van der Waals surface area contributed by atoms with Crippen molar-refractivity contribution in [2.75, 3.05) is 7.11 Å². The second-order valence-corrected chi connectivity index (χ2v) is 4.97. The molecule has 0 aliphatic rings. The van der Waals surface area contributed by atoms with Gasteiger partial charge in [-0.05, 0) is 34.7 Å². The molecule has 0 heterocycles. The van der Waals surface area contributed by atoms with Crippen LogP contribution in [0, 0.1) is 0 Å². The van der Waals surface area contributed by atoms with E-state index in [9.17, 15) is 9.90 Å². The van der Waals surface area contributed by atoms with Gasteiger partial charge in [0, 0.05) is 0 Å². The van der Waals surface area contributed by atoms with E-state index in [4.69, 9.17) is 4.74 Å². The van der Waals surface area contributed by atoms with Crippen molar-refractivity contribution < 1.29 is 14.6 Å². The van der Waals surface area contributed by atoms with Crippen molar-refractivity contribution in [3.8, 4) is 22.6 Å². The molecule has 0 aliphatic heterocycles. The van der Waals surface area contributed by atoms with E-state index in [0.717, 1.165) is 5.56 Å². The Morgan fingerprint density at radius 3 is 2.25 bits per heavy atom. The van der Waals surface area contributed by atoms with Gasteiger partial charge in [0.15, 0.2) is 17.8 Å². The normalized spacial score (nSPS) is 10.6. The van der Waals surface area contributed by atoms with Crippen molar-refractivity contribution in [3.63, 3.8) is 0 Å². The standard InChI is InChI=1S/C17H18O3/c1-11(2)12-4-6-13(7-5-12)14-8-9-16(20-3)17(19)15(14)10-18/h4-11,19H,1-3H3. The fraction of sp³-hybridized carbons (Fsp3) is 0.235. The van der Waals surface area contributed by atoms with Crippen molar-refractivity contribution in [1.29, 1.82) is 0 Å². The van der Waals surface area contributed by atoms with E-state index in [2.05, 4.69) is 13.8 Å². The number of phenolic OH excluding ortho intramolecular Hbond substituents is 1. The molecule has 0 bridgehead atoms. The van der Waals surface area contributed by atoms with Gasteiger partial charge in [-0.1, -0.05) is 38.1 Å². The highest BCUT2D eigenvalue weighted by Crippen LogP contribution is 2.36. The van der Waals surface area contributed by atoms with Gasteiger partial charge in [-0.15, -0.1) is 0 Å². The smallest absolute Gasteiger partial charge is 0.169 e.